The molecule has 1 aromatic rings. The Morgan fingerprint density at radius 1 is 1.11 bits per heavy atom. The smallest absolute Gasteiger partial charge is 0.240 e. The Morgan fingerprint density at radius 3 is 2.31 bits per heavy atom. The van der Waals surface area contributed by atoms with Crippen molar-refractivity contribution in [2.24, 2.45) is 16.5 Å². The Labute approximate surface area is 211 Å². The first-order valence-corrected chi connectivity index (χ1v) is 14.7. The van der Waals surface area contributed by atoms with E-state index in [1.807, 2.05) is 0 Å². The zero-order valence-electron chi connectivity index (χ0n) is 20.3. The van der Waals surface area contributed by atoms with Crippen molar-refractivity contribution >= 4 is 43.9 Å². The van der Waals surface area contributed by atoms with Crippen LogP contribution >= 0.6 is 0 Å². The molecule has 1 rings (SSSR count). The Hall–Kier alpha value is -3.04. The highest BCUT2D eigenvalue weighted by molar-refractivity contribution is 7.90. The maximum absolute atomic E-state index is 13.0. The lowest BCUT2D eigenvalue weighted by Crippen LogP contribution is -2.51. The van der Waals surface area contributed by atoms with E-state index in [0.29, 0.717) is 18.3 Å². The number of carbonyl (C=O) groups excluding carboxylic acids is 3. The van der Waals surface area contributed by atoms with E-state index in [0.717, 1.165) is 11.2 Å². The van der Waals surface area contributed by atoms with Gasteiger partial charge in [-0.3, -0.25) is 14.6 Å². The molecular weight excluding hydrogens is 512 g/mol. The second kappa shape index (κ2) is 14.5. The first kappa shape index (κ1) is 31.0. The number of nitrogens with one attached hydrogen (secondary N) is 2. The summed E-state index contributed by atoms with van der Waals surface area (Å²) >= 11 is 0. The summed E-state index contributed by atoms with van der Waals surface area (Å²) in [5, 5.41) is 2.47. The molecule has 0 fully saturated rings. The van der Waals surface area contributed by atoms with Gasteiger partial charge in [0.1, 0.15) is 22.2 Å². The van der Waals surface area contributed by atoms with Gasteiger partial charge in [-0.05, 0) is 24.8 Å². The zero-order chi connectivity index (χ0) is 27.4. The first-order chi connectivity index (χ1) is 16.7. The second-order valence-electron chi connectivity index (χ2n) is 8.29. The Kier molecular flexibility index (Phi) is 12.5. The molecule has 0 bridgehead atoms. The molecule has 2 unspecified atom stereocenters. The first-order valence-electron chi connectivity index (χ1n) is 11.0. The van der Waals surface area contributed by atoms with Crippen LogP contribution in [-0.4, -0.2) is 90.0 Å². The molecule has 0 aliphatic carbocycles. The van der Waals surface area contributed by atoms with Crippen LogP contribution in [0.3, 0.4) is 0 Å². The molecule has 0 saturated carbocycles. The average molecular weight is 547 g/mol. The van der Waals surface area contributed by atoms with Crippen LogP contribution in [-0.2, 0) is 40.0 Å². The van der Waals surface area contributed by atoms with Crippen molar-refractivity contribution in [3.05, 3.63) is 35.9 Å². The van der Waals surface area contributed by atoms with Gasteiger partial charge >= 0.3 is 0 Å². The minimum Gasteiger partial charge on any atom is -0.370 e. The second-order valence-corrected chi connectivity index (χ2v) is 12.3. The van der Waals surface area contributed by atoms with E-state index >= 15 is 0 Å². The number of nitrogens with zero attached hydrogens (tertiary/aromatic N) is 2. The fourth-order valence-corrected chi connectivity index (χ4v) is 5.15. The van der Waals surface area contributed by atoms with Gasteiger partial charge in [0, 0.05) is 19.8 Å². The number of hydrogen-bond donors (Lipinski definition) is 4. The van der Waals surface area contributed by atoms with E-state index in [2.05, 4.69) is 15.0 Å². The fourth-order valence-electron chi connectivity index (χ4n) is 3.12. The molecule has 0 spiro atoms. The quantitative estimate of drug-likeness (QED) is 0.0788. The number of benzene rings is 1. The van der Waals surface area contributed by atoms with Crippen LogP contribution in [0.2, 0.25) is 0 Å². The Balaban J connectivity index is 2.83. The van der Waals surface area contributed by atoms with Gasteiger partial charge in [0.2, 0.25) is 21.8 Å². The molecule has 6 N–H and O–H groups in total. The largest absolute Gasteiger partial charge is 0.370 e. The van der Waals surface area contributed by atoms with Crippen LogP contribution in [0.15, 0.2) is 35.3 Å². The number of rotatable bonds is 16. The lowest BCUT2D eigenvalue weighted by molar-refractivity contribution is -0.136. The van der Waals surface area contributed by atoms with E-state index in [4.69, 9.17) is 11.5 Å². The third kappa shape index (κ3) is 13.2. The molecule has 0 saturated heterocycles. The van der Waals surface area contributed by atoms with Gasteiger partial charge in [0.05, 0.1) is 24.1 Å². The van der Waals surface area contributed by atoms with Crippen molar-refractivity contribution in [1.29, 1.82) is 0 Å². The predicted octanol–water partition coefficient (Wildman–Crippen LogP) is -1.89. The topological polar surface area (TPSA) is 211 Å². The summed E-state index contributed by atoms with van der Waals surface area (Å²) in [5.41, 5.74) is 10.9. The predicted molar refractivity (Wildman–Crippen MR) is 136 cm³/mol. The molecule has 0 aliphatic heterocycles. The van der Waals surface area contributed by atoms with Crippen molar-refractivity contribution in [3.63, 3.8) is 0 Å². The average Bonchev–Trinajstić information content (AvgIpc) is 2.77. The summed E-state index contributed by atoms with van der Waals surface area (Å²) in [6, 6.07) is 6.01. The van der Waals surface area contributed by atoms with E-state index in [-0.39, 0.29) is 25.3 Å². The van der Waals surface area contributed by atoms with Crippen LogP contribution in [0.5, 0.6) is 0 Å². The van der Waals surface area contributed by atoms with Crippen LogP contribution in [0, 0.1) is 0 Å². The van der Waals surface area contributed by atoms with Gasteiger partial charge < -0.3 is 26.5 Å². The number of nitrogens with two attached hydrogens (primary N) is 2. The van der Waals surface area contributed by atoms with E-state index in [1.54, 1.807) is 30.3 Å². The highest BCUT2D eigenvalue weighted by atomic mass is 32.2. The molecule has 2 amide bonds. The van der Waals surface area contributed by atoms with Gasteiger partial charge in [-0.15, -0.1) is 0 Å². The Bertz CT molecular complexity index is 1120. The van der Waals surface area contributed by atoms with Crippen molar-refractivity contribution in [3.8, 4) is 0 Å². The zero-order valence-corrected chi connectivity index (χ0v) is 21.9. The van der Waals surface area contributed by atoms with Crippen LogP contribution in [0.25, 0.3) is 0 Å². The SMILES string of the molecule is CN(CC(=O)NC(C=O)CCCN=C(N)N)C(=O)C(CCS(C)(=O)=O)NS(=O)(=O)Cc1ccccc1. The molecule has 36 heavy (non-hydrogen) atoms. The van der Waals surface area contributed by atoms with Crippen molar-refractivity contribution in [1.82, 2.24) is 14.9 Å². The highest BCUT2D eigenvalue weighted by Gasteiger charge is 2.29. The molecule has 13 nitrogen and oxygen atoms in total. The fraction of sp³-hybridized carbons (Fsp3) is 0.524. The standard InChI is InChI=1S/C21H34N6O7S2/c1-27(13-19(29)25-17(14-28)9-6-11-24-21(22)23)20(30)18(10-12-35(2,31)32)26-36(33,34)15-16-7-4-3-5-8-16/h3-5,7-8,14,17-18,26H,6,9-13,15H2,1-2H3,(H,25,29)(H4,22,23,24). The molecule has 0 radical (unpaired) electrons. The lowest BCUT2D eigenvalue weighted by Gasteiger charge is -2.24. The summed E-state index contributed by atoms with van der Waals surface area (Å²) < 4.78 is 50.9. The summed E-state index contributed by atoms with van der Waals surface area (Å²) in [5.74, 6) is -2.40. The van der Waals surface area contributed by atoms with Crippen LogP contribution < -0.4 is 21.5 Å². The van der Waals surface area contributed by atoms with Crippen molar-refractivity contribution < 1.29 is 31.2 Å². The van der Waals surface area contributed by atoms with Crippen molar-refractivity contribution in [2.45, 2.75) is 37.1 Å². The molecular formula is C21H34N6O7S2. The summed E-state index contributed by atoms with van der Waals surface area (Å²) in [6.45, 7) is -0.209. The minimum absolute atomic E-state index is 0.0911. The molecule has 2 atom stereocenters. The van der Waals surface area contributed by atoms with Gasteiger partial charge in [0.25, 0.3) is 0 Å². The number of likely N-dealkylation sites (N-methyl/N-ethyl adjacent to an activating group) is 1. The molecule has 0 heterocycles. The van der Waals surface area contributed by atoms with E-state index in [1.165, 1.54) is 7.05 Å². The number of sulfone groups is 1. The molecule has 0 aromatic heterocycles. The third-order valence-electron chi connectivity index (χ3n) is 4.83. The molecule has 1 aromatic carbocycles. The number of amides is 2. The summed E-state index contributed by atoms with van der Waals surface area (Å²) in [7, 11) is -6.25. The number of aliphatic imine (C=N–C) groups is 1. The maximum Gasteiger partial charge on any atom is 0.240 e. The number of hydrogen-bond acceptors (Lipinski definition) is 8. The lowest BCUT2D eigenvalue weighted by atomic mass is 10.1. The van der Waals surface area contributed by atoms with Gasteiger partial charge in [0.15, 0.2) is 5.96 Å². The van der Waals surface area contributed by atoms with Crippen LogP contribution in [0.1, 0.15) is 24.8 Å². The van der Waals surface area contributed by atoms with Gasteiger partial charge in [-0.25, -0.2) is 21.6 Å². The minimum atomic E-state index is -4.02. The van der Waals surface area contributed by atoms with E-state index in [9.17, 15) is 31.2 Å². The number of carbonyl (C=O) groups is 3. The number of guanidine groups is 1. The normalized spacial score (nSPS) is 13.3. The summed E-state index contributed by atoms with van der Waals surface area (Å²) in [6.07, 6.45) is 1.88. The Morgan fingerprint density at radius 2 is 1.75 bits per heavy atom. The van der Waals surface area contributed by atoms with Gasteiger partial charge in [-0.2, -0.15) is 0 Å². The summed E-state index contributed by atoms with van der Waals surface area (Å²) in [4.78, 5) is 41.4. The van der Waals surface area contributed by atoms with E-state index < -0.39 is 61.8 Å². The monoisotopic (exact) mass is 546 g/mol. The van der Waals surface area contributed by atoms with Crippen molar-refractivity contribution in [2.75, 3.05) is 32.1 Å². The van der Waals surface area contributed by atoms with Crippen LogP contribution in [0.4, 0.5) is 0 Å². The third-order valence-corrected chi connectivity index (χ3v) is 7.17. The molecule has 15 heteroatoms. The van der Waals surface area contributed by atoms with Gasteiger partial charge in [-0.1, -0.05) is 30.3 Å². The maximum atomic E-state index is 13.0. The molecule has 0 aliphatic rings. The molecule has 202 valence electrons. The number of aldehydes is 1. The highest BCUT2D eigenvalue weighted by Crippen LogP contribution is 2.09. The number of sulfonamides is 1.